The molecule has 3 nitrogen and oxygen atoms in total. The summed E-state index contributed by atoms with van der Waals surface area (Å²) < 4.78 is 6.19. The van der Waals surface area contributed by atoms with Gasteiger partial charge in [-0.25, -0.2) is 4.79 Å². The molecule has 1 N–H and O–H groups in total. The van der Waals surface area contributed by atoms with Crippen LogP contribution in [0.4, 0.5) is 0 Å². The van der Waals surface area contributed by atoms with Crippen molar-refractivity contribution in [3.63, 3.8) is 0 Å². The van der Waals surface area contributed by atoms with Crippen LogP contribution in [0.2, 0.25) is 0 Å². The molecular formula is C11H12BrNO2S. The number of ether oxygens (including phenoxy) is 1. The van der Waals surface area contributed by atoms with E-state index in [4.69, 9.17) is 4.74 Å². The van der Waals surface area contributed by atoms with Gasteiger partial charge in [0.05, 0.1) is 16.8 Å². The first-order valence-electron chi connectivity index (χ1n) is 5.09. The number of hydrogen-bond donors (Lipinski definition) is 1. The van der Waals surface area contributed by atoms with Crippen LogP contribution in [0.5, 0.6) is 0 Å². The van der Waals surface area contributed by atoms with E-state index in [0.717, 1.165) is 27.5 Å². The molecule has 0 atom stereocenters. The lowest BCUT2D eigenvalue weighted by molar-refractivity contribution is 0.0519. The van der Waals surface area contributed by atoms with Gasteiger partial charge in [-0.3, -0.25) is 0 Å². The number of nitrogens with one attached hydrogen (secondary N) is 1. The first kappa shape index (κ1) is 11.7. The second kappa shape index (κ2) is 5.01. The summed E-state index contributed by atoms with van der Waals surface area (Å²) in [6.07, 6.45) is 0.828. The number of carbonyl (C=O) groups is 1. The number of H-pyrrole nitrogens is 1. The fourth-order valence-corrected chi connectivity index (χ4v) is 3.00. The molecule has 0 radical (unpaired) electrons. The van der Waals surface area contributed by atoms with Gasteiger partial charge in [0.1, 0.15) is 5.69 Å². The highest BCUT2D eigenvalue weighted by Gasteiger charge is 2.18. The summed E-state index contributed by atoms with van der Waals surface area (Å²) in [5, 5.41) is 2.86. The predicted molar refractivity (Wildman–Crippen MR) is 69.6 cm³/mol. The maximum Gasteiger partial charge on any atom is 0.355 e. The molecule has 0 unspecified atom stereocenters. The van der Waals surface area contributed by atoms with E-state index in [1.807, 2.05) is 18.4 Å². The maximum atomic E-state index is 11.7. The Labute approximate surface area is 106 Å². The molecule has 5 heteroatoms. The Balaban J connectivity index is 2.46. The number of fused-ring (bicyclic) bond motifs is 1. The van der Waals surface area contributed by atoms with Gasteiger partial charge in [-0.1, -0.05) is 15.9 Å². The quantitative estimate of drug-likeness (QED) is 0.695. The summed E-state index contributed by atoms with van der Waals surface area (Å²) in [4.78, 5) is 14.9. The molecule has 0 saturated heterocycles. The number of aryl methyl sites for hydroxylation is 1. The van der Waals surface area contributed by atoms with Gasteiger partial charge in [-0.2, -0.15) is 0 Å². The van der Waals surface area contributed by atoms with Crippen LogP contribution in [0.15, 0.2) is 11.4 Å². The van der Waals surface area contributed by atoms with Crippen molar-refractivity contribution in [2.45, 2.75) is 13.3 Å². The lowest BCUT2D eigenvalue weighted by atomic mass is 10.2. The minimum absolute atomic E-state index is 0.262. The summed E-state index contributed by atoms with van der Waals surface area (Å²) in [6, 6.07) is 1.99. The van der Waals surface area contributed by atoms with Crippen molar-refractivity contribution in [3.8, 4) is 0 Å². The second-order valence-corrected chi connectivity index (χ2v) is 5.01. The Morgan fingerprint density at radius 1 is 1.62 bits per heavy atom. The lowest BCUT2D eigenvalue weighted by Crippen LogP contribution is -2.08. The molecule has 0 saturated carbocycles. The van der Waals surface area contributed by atoms with Crippen molar-refractivity contribution in [3.05, 3.63) is 22.7 Å². The number of alkyl halides is 1. The van der Waals surface area contributed by atoms with Crippen molar-refractivity contribution in [2.75, 3.05) is 11.9 Å². The van der Waals surface area contributed by atoms with E-state index in [2.05, 4.69) is 20.9 Å². The Kier molecular flexibility index (Phi) is 3.66. The summed E-state index contributed by atoms with van der Waals surface area (Å²) in [7, 11) is 0. The Hall–Kier alpha value is -0.810. The van der Waals surface area contributed by atoms with Crippen LogP contribution in [-0.2, 0) is 11.2 Å². The smallest absolute Gasteiger partial charge is 0.355 e. The van der Waals surface area contributed by atoms with E-state index in [0.29, 0.717) is 12.3 Å². The van der Waals surface area contributed by atoms with E-state index in [9.17, 15) is 4.79 Å². The van der Waals surface area contributed by atoms with Gasteiger partial charge in [0, 0.05) is 10.9 Å². The number of aromatic nitrogens is 1. The zero-order valence-corrected chi connectivity index (χ0v) is 11.3. The minimum Gasteiger partial charge on any atom is -0.461 e. The van der Waals surface area contributed by atoms with Crippen molar-refractivity contribution >= 4 is 43.5 Å². The zero-order chi connectivity index (χ0) is 11.5. The van der Waals surface area contributed by atoms with E-state index >= 15 is 0 Å². The van der Waals surface area contributed by atoms with Gasteiger partial charge < -0.3 is 9.72 Å². The first-order valence-corrected chi connectivity index (χ1v) is 7.09. The van der Waals surface area contributed by atoms with Crippen LogP contribution >= 0.6 is 27.3 Å². The second-order valence-electron chi connectivity index (χ2n) is 3.30. The number of aromatic amines is 1. The van der Waals surface area contributed by atoms with Crippen LogP contribution in [-0.4, -0.2) is 22.9 Å². The molecule has 86 valence electrons. The van der Waals surface area contributed by atoms with Crippen molar-refractivity contribution in [2.24, 2.45) is 0 Å². The lowest BCUT2D eigenvalue weighted by Gasteiger charge is -2.02. The summed E-state index contributed by atoms with van der Waals surface area (Å²) >= 11 is 5.06. The normalized spacial score (nSPS) is 10.9. The largest absolute Gasteiger partial charge is 0.461 e. The van der Waals surface area contributed by atoms with Crippen molar-refractivity contribution < 1.29 is 9.53 Å². The summed E-state index contributed by atoms with van der Waals surface area (Å²) in [5.74, 6) is -0.262. The molecule has 0 fully saturated rings. The highest BCUT2D eigenvalue weighted by atomic mass is 79.9. The number of thiophene rings is 1. The molecule has 0 amide bonds. The number of esters is 1. The Morgan fingerprint density at radius 2 is 2.44 bits per heavy atom. The van der Waals surface area contributed by atoms with Gasteiger partial charge >= 0.3 is 5.97 Å². The highest BCUT2D eigenvalue weighted by Crippen LogP contribution is 2.28. The molecule has 0 aliphatic rings. The first-order chi connectivity index (χ1) is 7.77. The van der Waals surface area contributed by atoms with Crippen LogP contribution < -0.4 is 0 Å². The fourth-order valence-electron chi connectivity index (χ4n) is 1.68. The molecule has 2 heterocycles. The molecule has 16 heavy (non-hydrogen) atoms. The Morgan fingerprint density at radius 3 is 3.12 bits per heavy atom. The highest BCUT2D eigenvalue weighted by molar-refractivity contribution is 9.09. The minimum atomic E-state index is -0.262. The van der Waals surface area contributed by atoms with Crippen LogP contribution in [0.3, 0.4) is 0 Å². The fraction of sp³-hybridized carbons (Fsp3) is 0.364. The standard InChI is InChI=1S/C11H12BrNO2S/c1-2-15-11(14)9-7(3-5-12)10-8(13-9)4-6-16-10/h4,6,13H,2-3,5H2,1H3. The molecule has 0 bridgehead atoms. The average Bonchev–Trinajstić information content (AvgIpc) is 2.81. The molecule has 0 aliphatic carbocycles. The van der Waals surface area contributed by atoms with E-state index in [1.165, 1.54) is 0 Å². The molecule has 2 aromatic heterocycles. The summed E-state index contributed by atoms with van der Waals surface area (Å²) in [5.41, 5.74) is 2.67. The van der Waals surface area contributed by atoms with E-state index in [1.54, 1.807) is 11.3 Å². The van der Waals surface area contributed by atoms with Gasteiger partial charge in [0.15, 0.2) is 0 Å². The summed E-state index contributed by atoms with van der Waals surface area (Å²) in [6.45, 7) is 2.21. The van der Waals surface area contributed by atoms with Crippen LogP contribution in [0, 0.1) is 0 Å². The third-order valence-electron chi connectivity index (χ3n) is 2.32. The van der Waals surface area contributed by atoms with Crippen LogP contribution in [0.1, 0.15) is 23.0 Å². The SMILES string of the molecule is CCOC(=O)c1[nH]c2ccsc2c1CCBr. The van der Waals surface area contributed by atoms with Crippen LogP contribution in [0.25, 0.3) is 10.2 Å². The number of carbonyl (C=O) groups excluding carboxylic acids is 1. The Bertz CT molecular complexity index is 503. The predicted octanol–water partition coefficient (Wildman–Crippen LogP) is 3.34. The third-order valence-corrected chi connectivity index (χ3v) is 3.70. The molecule has 0 aromatic carbocycles. The third kappa shape index (κ3) is 2.01. The molecule has 0 spiro atoms. The van der Waals surface area contributed by atoms with Gasteiger partial charge in [-0.15, -0.1) is 11.3 Å². The number of hydrogen-bond acceptors (Lipinski definition) is 3. The molecule has 2 aromatic rings. The molecule has 0 aliphatic heterocycles. The van der Waals surface area contributed by atoms with E-state index < -0.39 is 0 Å². The number of halogens is 1. The molecule has 2 rings (SSSR count). The van der Waals surface area contributed by atoms with Gasteiger partial charge in [0.2, 0.25) is 0 Å². The van der Waals surface area contributed by atoms with Gasteiger partial charge in [-0.05, 0) is 24.8 Å². The maximum absolute atomic E-state index is 11.7. The van der Waals surface area contributed by atoms with E-state index in [-0.39, 0.29) is 5.97 Å². The number of rotatable bonds is 4. The molecular weight excluding hydrogens is 290 g/mol. The van der Waals surface area contributed by atoms with Crippen molar-refractivity contribution in [1.29, 1.82) is 0 Å². The monoisotopic (exact) mass is 301 g/mol. The van der Waals surface area contributed by atoms with Crippen molar-refractivity contribution in [1.82, 2.24) is 4.98 Å². The topological polar surface area (TPSA) is 42.1 Å². The zero-order valence-electron chi connectivity index (χ0n) is 8.88. The average molecular weight is 302 g/mol. The van der Waals surface area contributed by atoms with Gasteiger partial charge in [0.25, 0.3) is 0 Å².